The Kier molecular flexibility index (Phi) is 6.16. The number of hydrogen-bond donors (Lipinski definition) is 2. The van der Waals surface area contributed by atoms with Gasteiger partial charge in [0.25, 0.3) is 5.91 Å². The lowest BCUT2D eigenvalue weighted by molar-refractivity contribution is -0.166. The van der Waals surface area contributed by atoms with Crippen LogP contribution in [0, 0.1) is 0 Å². The number of ether oxygens (including phenoxy) is 2. The first kappa shape index (κ1) is 24.2. The number of aliphatic hydroxyl groups is 1. The molecule has 5 rings (SSSR count). The average Bonchev–Trinajstić information content (AvgIpc) is 3.26. The van der Waals surface area contributed by atoms with Crippen molar-refractivity contribution < 1.29 is 24.2 Å². The van der Waals surface area contributed by atoms with Crippen LogP contribution >= 0.6 is 0 Å². The predicted octanol–water partition coefficient (Wildman–Crippen LogP) is 3.38. The molecule has 0 spiro atoms. The fourth-order valence-electron chi connectivity index (χ4n) is 5.67. The Labute approximate surface area is 210 Å². The van der Waals surface area contributed by atoms with E-state index < -0.39 is 5.54 Å². The van der Waals surface area contributed by atoms with Crippen molar-refractivity contribution in [1.29, 1.82) is 0 Å². The molecule has 1 saturated heterocycles. The number of H-pyrrole nitrogens is 1. The molecule has 2 atom stereocenters. The molecule has 0 radical (unpaired) electrons. The van der Waals surface area contributed by atoms with Crippen molar-refractivity contribution in [3.05, 3.63) is 59.3 Å². The van der Waals surface area contributed by atoms with E-state index in [0.717, 1.165) is 27.7 Å². The number of piperazine rings is 1. The zero-order valence-corrected chi connectivity index (χ0v) is 21.2. The number of aliphatic hydroxyl groups excluding tert-OH is 1. The summed E-state index contributed by atoms with van der Waals surface area (Å²) < 4.78 is 11.6. The lowest BCUT2D eigenvalue weighted by Gasteiger charge is -2.51. The van der Waals surface area contributed by atoms with Crippen molar-refractivity contribution >= 4 is 22.7 Å². The van der Waals surface area contributed by atoms with Crippen LogP contribution in [0.3, 0.4) is 0 Å². The molecule has 0 bridgehead atoms. The van der Waals surface area contributed by atoms with Gasteiger partial charge in [-0.1, -0.05) is 24.3 Å². The van der Waals surface area contributed by atoms with Crippen molar-refractivity contribution in [3.63, 3.8) is 0 Å². The Morgan fingerprint density at radius 2 is 1.94 bits per heavy atom. The predicted molar refractivity (Wildman–Crippen MR) is 136 cm³/mol. The van der Waals surface area contributed by atoms with Gasteiger partial charge in [-0.15, -0.1) is 0 Å². The summed E-state index contributed by atoms with van der Waals surface area (Å²) in [5.41, 5.74) is 2.53. The quantitative estimate of drug-likeness (QED) is 0.528. The topological polar surface area (TPSA) is 95.1 Å². The van der Waals surface area contributed by atoms with E-state index in [1.165, 1.54) is 0 Å². The Bertz CT molecular complexity index is 1320. The summed E-state index contributed by atoms with van der Waals surface area (Å²) in [5, 5.41) is 10.3. The van der Waals surface area contributed by atoms with Gasteiger partial charge in [-0.25, -0.2) is 0 Å². The molecule has 2 N–H and O–H groups in total. The van der Waals surface area contributed by atoms with Crippen LogP contribution in [0.2, 0.25) is 0 Å². The van der Waals surface area contributed by atoms with Crippen LogP contribution in [0.15, 0.2) is 42.5 Å². The molecule has 0 saturated carbocycles. The van der Waals surface area contributed by atoms with Crippen LogP contribution in [0.5, 0.6) is 11.5 Å². The number of methoxy groups -OCH3 is 1. The van der Waals surface area contributed by atoms with E-state index in [-0.39, 0.29) is 37.0 Å². The number of aromatic nitrogens is 1. The Morgan fingerprint density at radius 3 is 2.67 bits per heavy atom. The minimum Gasteiger partial charge on any atom is -0.493 e. The molecular formula is C28H33N3O5. The zero-order chi connectivity index (χ0) is 25.6. The highest BCUT2D eigenvalue weighted by Gasteiger charge is 2.56. The van der Waals surface area contributed by atoms with E-state index in [2.05, 4.69) is 11.1 Å². The molecule has 36 heavy (non-hydrogen) atoms. The Morgan fingerprint density at radius 1 is 1.17 bits per heavy atom. The lowest BCUT2D eigenvalue weighted by Crippen LogP contribution is -2.67. The highest BCUT2D eigenvalue weighted by molar-refractivity contribution is 6.01. The number of carbonyl (C=O) groups is 2. The number of aromatic amines is 1. The third-order valence-electron chi connectivity index (χ3n) is 7.36. The highest BCUT2D eigenvalue weighted by atomic mass is 16.5. The van der Waals surface area contributed by atoms with Crippen LogP contribution in [-0.2, 0) is 15.1 Å². The van der Waals surface area contributed by atoms with Gasteiger partial charge in [-0.05, 0) is 56.5 Å². The molecule has 2 amide bonds. The maximum absolute atomic E-state index is 13.9. The van der Waals surface area contributed by atoms with Gasteiger partial charge >= 0.3 is 0 Å². The maximum atomic E-state index is 13.9. The zero-order valence-electron chi connectivity index (χ0n) is 21.2. The second kappa shape index (κ2) is 9.17. The number of benzene rings is 2. The van der Waals surface area contributed by atoms with Crippen LogP contribution in [0.1, 0.15) is 49.9 Å². The lowest BCUT2D eigenvalue weighted by atomic mass is 9.76. The van der Waals surface area contributed by atoms with Crippen molar-refractivity contribution in [2.75, 3.05) is 33.4 Å². The van der Waals surface area contributed by atoms with Gasteiger partial charge in [0.15, 0.2) is 17.0 Å². The van der Waals surface area contributed by atoms with Crippen molar-refractivity contribution in [2.45, 2.75) is 44.8 Å². The first-order chi connectivity index (χ1) is 17.3. The van der Waals surface area contributed by atoms with E-state index in [1.54, 1.807) is 16.9 Å². The Balaban J connectivity index is 1.67. The third-order valence-corrected chi connectivity index (χ3v) is 7.36. The first-order valence-corrected chi connectivity index (χ1v) is 12.5. The summed E-state index contributed by atoms with van der Waals surface area (Å²) >= 11 is 0. The van der Waals surface area contributed by atoms with E-state index in [4.69, 9.17) is 9.47 Å². The third kappa shape index (κ3) is 3.71. The minimum absolute atomic E-state index is 0.00567. The fourth-order valence-corrected chi connectivity index (χ4v) is 5.67. The van der Waals surface area contributed by atoms with Gasteiger partial charge in [0.1, 0.15) is 0 Å². The first-order valence-electron chi connectivity index (χ1n) is 12.5. The minimum atomic E-state index is -1.15. The molecule has 2 aliphatic heterocycles. The largest absolute Gasteiger partial charge is 0.493 e. The molecule has 2 aliphatic rings. The standard InChI is InChI=1S/C28H33N3O5/c1-17(2)36-22-11-10-18(14-23(22)35-4)20-15-31-24(33)16-30(12-7-13-32)27(34)28(31,3)26-25(20)19-8-5-6-9-21(19)29-26/h5-6,8-11,14,17,20,29,32H,7,12-13,15-16H2,1-4H3. The molecule has 3 aromatic rings. The number of rotatable bonds is 7. The fraction of sp³-hybridized carbons (Fsp3) is 0.429. The maximum Gasteiger partial charge on any atom is 0.254 e. The molecular weight excluding hydrogens is 458 g/mol. The highest BCUT2D eigenvalue weighted by Crippen LogP contribution is 2.49. The van der Waals surface area contributed by atoms with Crippen LogP contribution < -0.4 is 9.47 Å². The summed E-state index contributed by atoms with van der Waals surface area (Å²) in [6, 6.07) is 13.9. The number of hydrogen-bond acceptors (Lipinski definition) is 5. The van der Waals surface area contributed by atoms with Crippen LogP contribution in [0.4, 0.5) is 0 Å². The van der Waals surface area contributed by atoms with Crippen molar-refractivity contribution in [3.8, 4) is 11.5 Å². The molecule has 2 aromatic carbocycles. The molecule has 190 valence electrons. The molecule has 0 aliphatic carbocycles. The van der Waals surface area contributed by atoms with Crippen LogP contribution in [0.25, 0.3) is 10.9 Å². The number of nitrogens with zero attached hydrogens (tertiary/aromatic N) is 2. The Hall–Kier alpha value is -3.52. The van der Waals surface area contributed by atoms with Crippen molar-refractivity contribution in [2.24, 2.45) is 0 Å². The molecule has 1 fully saturated rings. The van der Waals surface area contributed by atoms with Gasteiger partial charge < -0.3 is 29.4 Å². The molecule has 1 aromatic heterocycles. The number of para-hydroxylation sites is 1. The monoisotopic (exact) mass is 491 g/mol. The summed E-state index contributed by atoms with van der Waals surface area (Å²) in [6.07, 6.45) is 0.438. The van der Waals surface area contributed by atoms with E-state index >= 15 is 0 Å². The molecule has 2 unspecified atom stereocenters. The van der Waals surface area contributed by atoms with Crippen molar-refractivity contribution in [1.82, 2.24) is 14.8 Å². The van der Waals surface area contributed by atoms with Gasteiger partial charge in [-0.3, -0.25) is 9.59 Å². The number of carbonyl (C=O) groups excluding carboxylic acids is 2. The number of amides is 2. The summed E-state index contributed by atoms with van der Waals surface area (Å²) in [4.78, 5) is 34.1. The van der Waals surface area contributed by atoms with Crippen LogP contribution in [-0.4, -0.2) is 71.2 Å². The molecule has 3 heterocycles. The average molecular weight is 492 g/mol. The van der Waals surface area contributed by atoms with E-state index in [9.17, 15) is 14.7 Å². The van der Waals surface area contributed by atoms with Gasteiger partial charge in [0.05, 0.1) is 25.5 Å². The summed E-state index contributed by atoms with van der Waals surface area (Å²) in [7, 11) is 1.62. The van der Waals surface area contributed by atoms with E-state index in [0.29, 0.717) is 31.0 Å². The van der Waals surface area contributed by atoms with Gasteiger partial charge in [0.2, 0.25) is 5.91 Å². The second-order valence-corrected chi connectivity index (χ2v) is 9.97. The number of nitrogens with one attached hydrogen (secondary N) is 1. The summed E-state index contributed by atoms with van der Waals surface area (Å²) in [5.74, 6) is 0.912. The smallest absolute Gasteiger partial charge is 0.254 e. The molecule has 8 nitrogen and oxygen atoms in total. The van der Waals surface area contributed by atoms with E-state index in [1.807, 2.05) is 57.2 Å². The number of fused-ring (bicyclic) bond motifs is 5. The normalized spacial score (nSPS) is 21.7. The van der Waals surface area contributed by atoms with Gasteiger partial charge in [0, 0.05) is 36.5 Å². The molecule has 8 heteroatoms. The van der Waals surface area contributed by atoms with Gasteiger partial charge in [-0.2, -0.15) is 0 Å². The SMILES string of the molecule is COc1cc(C2CN3C(=O)CN(CCCO)C(=O)C3(C)c3[nH]c4ccccc4c32)ccc1OC(C)C. The second-order valence-electron chi connectivity index (χ2n) is 9.97. The summed E-state index contributed by atoms with van der Waals surface area (Å²) in [6.45, 7) is 6.47.